The second kappa shape index (κ2) is 7.75. The van der Waals surface area contributed by atoms with Gasteiger partial charge >= 0.3 is 0 Å². The van der Waals surface area contributed by atoms with Gasteiger partial charge in [0.25, 0.3) is 5.91 Å². The van der Waals surface area contributed by atoms with Gasteiger partial charge in [0.15, 0.2) is 6.10 Å². The first-order chi connectivity index (χ1) is 11.3. The summed E-state index contributed by atoms with van der Waals surface area (Å²) in [6.07, 6.45) is 2.71. The first kappa shape index (κ1) is 18.4. The number of carbonyl (C=O) groups excluding carboxylic acids is 1. The quantitative estimate of drug-likeness (QED) is 0.794. The standard InChI is InChI=1S/C18H25N3O2S/c1-11(2)17-20-12(3)16(24-17)13(4)21(6)18(22)14(5)23-15-8-7-9-19-10-15/h7-11,13-14H,1-6H3. The van der Waals surface area contributed by atoms with Gasteiger partial charge in [0.05, 0.1) is 22.9 Å². The second-order valence-corrected chi connectivity index (χ2v) is 7.29. The van der Waals surface area contributed by atoms with Gasteiger partial charge in [0.2, 0.25) is 0 Å². The summed E-state index contributed by atoms with van der Waals surface area (Å²) in [4.78, 5) is 24.2. The summed E-state index contributed by atoms with van der Waals surface area (Å²) in [5.74, 6) is 0.921. The van der Waals surface area contributed by atoms with Crippen LogP contribution in [-0.4, -0.2) is 33.9 Å². The van der Waals surface area contributed by atoms with Crippen LogP contribution in [0.4, 0.5) is 0 Å². The Morgan fingerprint density at radius 3 is 2.54 bits per heavy atom. The van der Waals surface area contributed by atoms with Crippen molar-refractivity contribution in [2.75, 3.05) is 7.05 Å². The number of carbonyl (C=O) groups is 1. The van der Waals surface area contributed by atoms with E-state index >= 15 is 0 Å². The molecule has 0 bridgehead atoms. The molecular formula is C18H25N3O2S. The first-order valence-electron chi connectivity index (χ1n) is 8.11. The Kier molecular flexibility index (Phi) is 5.94. The first-order valence-corrected chi connectivity index (χ1v) is 8.93. The predicted octanol–water partition coefficient (Wildman–Crippen LogP) is 3.96. The topological polar surface area (TPSA) is 55.3 Å². The highest BCUT2D eigenvalue weighted by molar-refractivity contribution is 7.11. The molecule has 2 heterocycles. The molecule has 0 aromatic carbocycles. The average Bonchev–Trinajstić information content (AvgIpc) is 2.95. The minimum absolute atomic E-state index is 0.0394. The Bertz CT molecular complexity index is 685. The van der Waals surface area contributed by atoms with Crippen molar-refractivity contribution in [3.8, 4) is 5.75 Å². The Hall–Kier alpha value is -1.95. The number of nitrogens with zero attached hydrogens (tertiary/aromatic N) is 3. The predicted molar refractivity (Wildman–Crippen MR) is 96.5 cm³/mol. The van der Waals surface area contributed by atoms with Crippen molar-refractivity contribution < 1.29 is 9.53 Å². The van der Waals surface area contributed by atoms with Gasteiger partial charge in [-0.25, -0.2) is 4.98 Å². The summed E-state index contributed by atoms with van der Waals surface area (Å²) in [6, 6.07) is 3.54. The van der Waals surface area contributed by atoms with Gasteiger partial charge < -0.3 is 9.64 Å². The minimum atomic E-state index is -0.570. The molecule has 2 unspecified atom stereocenters. The zero-order chi connectivity index (χ0) is 17.9. The van der Waals surface area contributed by atoms with Crippen LogP contribution >= 0.6 is 11.3 Å². The van der Waals surface area contributed by atoms with Crippen LogP contribution in [0.3, 0.4) is 0 Å². The van der Waals surface area contributed by atoms with Crippen molar-refractivity contribution in [1.29, 1.82) is 0 Å². The number of aryl methyl sites for hydroxylation is 1. The molecule has 0 saturated carbocycles. The maximum Gasteiger partial charge on any atom is 0.263 e. The molecule has 0 fully saturated rings. The molecule has 2 atom stereocenters. The smallest absolute Gasteiger partial charge is 0.263 e. The number of aromatic nitrogens is 2. The summed E-state index contributed by atoms with van der Waals surface area (Å²) in [6.45, 7) is 10.1. The average molecular weight is 347 g/mol. The number of amides is 1. The lowest BCUT2D eigenvalue weighted by atomic mass is 10.2. The third-order valence-electron chi connectivity index (χ3n) is 3.95. The highest BCUT2D eigenvalue weighted by atomic mass is 32.1. The van der Waals surface area contributed by atoms with E-state index in [1.165, 1.54) is 0 Å². The molecule has 0 aliphatic rings. The van der Waals surface area contributed by atoms with E-state index in [9.17, 15) is 4.79 Å². The fraction of sp³-hybridized carbons (Fsp3) is 0.500. The van der Waals surface area contributed by atoms with Crippen molar-refractivity contribution in [3.63, 3.8) is 0 Å². The zero-order valence-electron chi connectivity index (χ0n) is 15.1. The Morgan fingerprint density at radius 2 is 2.00 bits per heavy atom. The summed E-state index contributed by atoms with van der Waals surface area (Å²) < 4.78 is 5.69. The fourth-order valence-corrected chi connectivity index (χ4v) is 3.55. The molecular weight excluding hydrogens is 322 g/mol. The van der Waals surface area contributed by atoms with Crippen molar-refractivity contribution >= 4 is 17.2 Å². The van der Waals surface area contributed by atoms with Gasteiger partial charge in [-0.3, -0.25) is 9.78 Å². The van der Waals surface area contributed by atoms with Crippen LogP contribution < -0.4 is 4.74 Å². The number of likely N-dealkylation sites (N-methyl/N-ethyl adjacent to an activating group) is 1. The van der Waals surface area contributed by atoms with Crippen LogP contribution in [0, 0.1) is 6.92 Å². The maximum atomic E-state index is 12.7. The lowest BCUT2D eigenvalue weighted by Crippen LogP contribution is -2.39. The Balaban J connectivity index is 2.09. The molecule has 130 valence electrons. The number of hydrogen-bond donors (Lipinski definition) is 0. The summed E-state index contributed by atoms with van der Waals surface area (Å²) in [5.41, 5.74) is 0.997. The Morgan fingerprint density at radius 1 is 1.29 bits per heavy atom. The van der Waals surface area contributed by atoms with Gasteiger partial charge in [-0.15, -0.1) is 11.3 Å². The SMILES string of the molecule is Cc1nc(C(C)C)sc1C(C)N(C)C(=O)C(C)Oc1cccnc1. The molecule has 6 heteroatoms. The molecule has 2 aromatic rings. The molecule has 0 aliphatic carbocycles. The van der Waals surface area contributed by atoms with Crippen molar-refractivity contribution in [2.24, 2.45) is 0 Å². The number of hydrogen-bond acceptors (Lipinski definition) is 5. The normalized spacial score (nSPS) is 13.6. The van der Waals surface area contributed by atoms with Crippen LogP contribution in [0.5, 0.6) is 5.75 Å². The number of rotatable bonds is 6. The monoisotopic (exact) mass is 347 g/mol. The molecule has 0 N–H and O–H groups in total. The lowest BCUT2D eigenvalue weighted by Gasteiger charge is -2.27. The Labute approximate surface area is 147 Å². The van der Waals surface area contributed by atoms with Gasteiger partial charge in [-0.2, -0.15) is 0 Å². The number of ether oxygens (including phenoxy) is 1. The van der Waals surface area contributed by atoms with Crippen LogP contribution in [0.1, 0.15) is 55.2 Å². The summed E-state index contributed by atoms with van der Waals surface area (Å²) >= 11 is 1.68. The van der Waals surface area contributed by atoms with Crippen molar-refractivity contribution in [2.45, 2.75) is 52.7 Å². The van der Waals surface area contributed by atoms with Crippen molar-refractivity contribution in [1.82, 2.24) is 14.9 Å². The van der Waals surface area contributed by atoms with E-state index in [0.29, 0.717) is 11.7 Å². The molecule has 1 amide bonds. The van der Waals surface area contributed by atoms with Crippen LogP contribution in [0.15, 0.2) is 24.5 Å². The van der Waals surface area contributed by atoms with E-state index in [1.54, 1.807) is 47.7 Å². The van der Waals surface area contributed by atoms with E-state index in [1.807, 2.05) is 20.9 Å². The van der Waals surface area contributed by atoms with Gasteiger partial charge in [0.1, 0.15) is 5.75 Å². The minimum Gasteiger partial charge on any atom is -0.479 e. The van der Waals surface area contributed by atoms with E-state index in [2.05, 4.69) is 23.8 Å². The molecule has 5 nitrogen and oxygen atoms in total. The summed E-state index contributed by atoms with van der Waals surface area (Å²) in [5, 5.41) is 1.11. The molecule has 0 saturated heterocycles. The fourth-order valence-electron chi connectivity index (χ4n) is 2.39. The van der Waals surface area contributed by atoms with Gasteiger partial charge in [-0.1, -0.05) is 13.8 Å². The molecule has 0 aliphatic heterocycles. The van der Waals surface area contributed by atoms with Crippen LogP contribution in [-0.2, 0) is 4.79 Å². The number of pyridine rings is 1. The lowest BCUT2D eigenvalue weighted by molar-refractivity contribution is -0.138. The molecule has 0 spiro atoms. The summed E-state index contributed by atoms with van der Waals surface area (Å²) in [7, 11) is 1.81. The third kappa shape index (κ3) is 4.12. The van der Waals surface area contributed by atoms with E-state index in [4.69, 9.17) is 4.74 Å². The highest BCUT2D eigenvalue weighted by Gasteiger charge is 2.26. The largest absolute Gasteiger partial charge is 0.479 e. The second-order valence-electron chi connectivity index (χ2n) is 6.23. The van der Waals surface area contributed by atoms with Crippen molar-refractivity contribution in [3.05, 3.63) is 40.1 Å². The molecule has 24 heavy (non-hydrogen) atoms. The van der Waals surface area contributed by atoms with Gasteiger partial charge in [0, 0.05) is 24.0 Å². The van der Waals surface area contributed by atoms with Crippen LogP contribution in [0.25, 0.3) is 0 Å². The molecule has 0 radical (unpaired) electrons. The zero-order valence-corrected chi connectivity index (χ0v) is 15.9. The van der Waals surface area contributed by atoms with E-state index in [-0.39, 0.29) is 11.9 Å². The van der Waals surface area contributed by atoms with E-state index in [0.717, 1.165) is 15.6 Å². The molecule has 2 aromatic heterocycles. The third-order valence-corrected chi connectivity index (χ3v) is 5.57. The molecule has 2 rings (SSSR count). The maximum absolute atomic E-state index is 12.7. The van der Waals surface area contributed by atoms with Crippen LogP contribution in [0.2, 0.25) is 0 Å². The van der Waals surface area contributed by atoms with Gasteiger partial charge in [-0.05, 0) is 32.9 Å². The number of thiazole rings is 1. The highest BCUT2D eigenvalue weighted by Crippen LogP contribution is 2.32. The van der Waals surface area contributed by atoms with E-state index < -0.39 is 6.10 Å².